The number of hydrogen-bond donors (Lipinski definition) is 2. The Morgan fingerprint density at radius 3 is 2.58 bits per heavy atom. The Hall–Kier alpha value is -4.56. The average molecular weight is 511 g/mol. The van der Waals surface area contributed by atoms with Gasteiger partial charge in [-0.25, -0.2) is 4.39 Å². The first-order valence-electron chi connectivity index (χ1n) is 12.2. The maximum Gasteiger partial charge on any atom is 0.287 e. The van der Waals surface area contributed by atoms with E-state index in [9.17, 15) is 14.0 Å². The van der Waals surface area contributed by atoms with Crippen LogP contribution in [-0.2, 0) is 17.9 Å². The van der Waals surface area contributed by atoms with Gasteiger partial charge in [0.15, 0.2) is 5.76 Å². The van der Waals surface area contributed by atoms with Crippen molar-refractivity contribution in [1.82, 2.24) is 10.2 Å². The van der Waals surface area contributed by atoms with E-state index in [1.807, 2.05) is 62.6 Å². The topological polar surface area (TPSA) is 86.9 Å². The van der Waals surface area contributed by atoms with Crippen LogP contribution in [-0.4, -0.2) is 36.5 Å². The largest absolute Gasteiger partial charge is 0.459 e. The van der Waals surface area contributed by atoms with Gasteiger partial charge >= 0.3 is 0 Å². The fraction of sp³-hybridized carbons (Fsp3) is 0.167. The molecule has 4 aromatic rings. The van der Waals surface area contributed by atoms with E-state index in [-0.39, 0.29) is 24.1 Å². The second-order valence-corrected chi connectivity index (χ2v) is 9.42. The number of hydrogen-bond acceptors (Lipinski definition) is 5. The number of aliphatic imine (C=N–C) groups is 1. The number of furan rings is 1. The maximum absolute atomic E-state index is 13.9. The minimum absolute atomic E-state index is 0.229. The smallest absolute Gasteiger partial charge is 0.287 e. The van der Waals surface area contributed by atoms with E-state index in [4.69, 9.17) is 9.41 Å². The summed E-state index contributed by atoms with van der Waals surface area (Å²) < 4.78 is 19.1. The number of benzene rings is 3. The Balaban J connectivity index is 1.50. The molecule has 2 heterocycles. The van der Waals surface area contributed by atoms with Crippen molar-refractivity contribution >= 4 is 28.9 Å². The Morgan fingerprint density at radius 1 is 1.03 bits per heavy atom. The number of halogens is 1. The van der Waals surface area contributed by atoms with E-state index in [1.165, 1.54) is 18.4 Å². The summed E-state index contributed by atoms with van der Waals surface area (Å²) in [4.78, 5) is 32.5. The van der Waals surface area contributed by atoms with E-state index in [0.29, 0.717) is 22.6 Å². The van der Waals surface area contributed by atoms with Gasteiger partial charge in [-0.15, -0.1) is 0 Å². The molecule has 1 atom stereocenters. The molecule has 0 spiro atoms. The van der Waals surface area contributed by atoms with E-state index in [0.717, 1.165) is 23.2 Å². The van der Waals surface area contributed by atoms with Gasteiger partial charge in [-0.3, -0.25) is 14.6 Å². The second kappa shape index (κ2) is 10.8. The summed E-state index contributed by atoms with van der Waals surface area (Å²) in [6.07, 6.45) is 1.45. The number of carbonyl (C=O) groups is 2. The monoisotopic (exact) mass is 510 g/mol. The van der Waals surface area contributed by atoms with Gasteiger partial charge in [-0.2, -0.15) is 0 Å². The highest BCUT2D eigenvalue weighted by atomic mass is 19.1. The molecule has 192 valence electrons. The molecule has 2 N–H and O–H groups in total. The lowest BCUT2D eigenvalue weighted by atomic mass is 9.90. The van der Waals surface area contributed by atoms with Crippen molar-refractivity contribution in [2.45, 2.75) is 19.0 Å². The van der Waals surface area contributed by atoms with Gasteiger partial charge in [0.2, 0.25) is 5.91 Å². The van der Waals surface area contributed by atoms with Gasteiger partial charge in [-0.1, -0.05) is 36.4 Å². The molecule has 7 nitrogen and oxygen atoms in total. The summed E-state index contributed by atoms with van der Waals surface area (Å²) in [5.41, 5.74) is 5.03. The van der Waals surface area contributed by atoms with Gasteiger partial charge in [0.05, 0.1) is 17.7 Å². The summed E-state index contributed by atoms with van der Waals surface area (Å²) in [5, 5.41) is 5.63. The van der Waals surface area contributed by atoms with Crippen LogP contribution >= 0.6 is 0 Å². The Labute approximate surface area is 220 Å². The molecule has 0 fully saturated rings. The third-order valence-corrected chi connectivity index (χ3v) is 6.23. The van der Waals surface area contributed by atoms with Crippen LogP contribution in [0.1, 0.15) is 38.7 Å². The SMILES string of the molecule is CN(C)Cc1ccc(N=C(c2cccc(CNC(=O)c3ccco3)c2)C2C(=O)Nc3cc(F)ccc32)cc1. The van der Waals surface area contributed by atoms with Crippen LogP contribution in [0.2, 0.25) is 0 Å². The van der Waals surface area contributed by atoms with Crippen LogP contribution in [0.15, 0.2) is 94.5 Å². The second-order valence-electron chi connectivity index (χ2n) is 9.42. The summed E-state index contributed by atoms with van der Waals surface area (Å²) >= 11 is 0. The molecule has 1 aliphatic rings. The Bertz CT molecular complexity index is 1490. The fourth-order valence-corrected chi connectivity index (χ4v) is 4.50. The lowest BCUT2D eigenvalue weighted by molar-refractivity contribution is -0.115. The van der Waals surface area contributed by atoms with Crippen molar-refractivity contribution in [3.63, 3.8) is 0 Å². The summed E-state index contributed by atoms with van der Waals surface area (Å²) in [7, 11) is 4.01. The minimum atomic E-state index is -0.722. The van der Waals surface area contributed by atoms with Crippen molar-refractivity contribution in [3.05, 3.63) is 119 Å². The van der Waals surface area contributed by atoms with E-state index >= 15 is 0 Å². The van der Waals surface area contributed by atoms with Gasteiger partial charge in [0, 0.05) is 18.8 Å². The predicted molar refractivity (Wildman–Crippen MR) is 144 cm³/mol. The molecule has 38 heavy (non-hydrogen) atoms. The van der Waals surface area contributed by atoms with Crippen LogP contribution in [0.4, 0.5) is 15.8 Å². The molecule has 0 bridgehead atoms. The number of nitrogens with one attached hydrogen (secondary N) is 2. The van der Waals surface area contributed by atoms with E-state index in [1.54, 1.807) is 18.2 Å². The summed E-state index contributed by atoms with van der Waals surface area (Å²) in [6.45, 7) is 1.06. The zero-order chi connectivity index (χ0) is 26.6. The number of rotatable bonds is 8. The van der Waals surface area contributed by atoms with Gasteiger partial charge < -0.3 is 20.0 Å². The molecule has 0 radical (unpaired) electrons. The van der Waals surface area contributed by atoms with Crippen LogP contribution in [0.3, 0.4) is 0 Å². The first kappa shape index (κ1) is 25.1. The Morgan fingerprint density at radius 2 is 1.84 bits per heavy atom. The molecular weight excluding hydrogens is 483 g/mol. The van der Waals surface area contributed by atoms with E-state index in [2.05, 4.69) is 15.5 Å². The van der Waals surface area contributed by atoms with Crippen molar-refractivity contribution in [1.29, 1.82) is 0 Å². The molecule has 0 saturated carbocycles. The normalized spacial score (nSPS) is 14.9. The van der Waals surface area contributed by atoms with Gasteiger partial charge in [-0.05, 0) is 78.8 Å². The molecular formula is C30H27FN4O3. The van der Waals surface area contributed by atoms with Crippen molar-refractivity contribution in [2.75, 3.05) is 19.4 Å². The number of carbonyl (C=O) groups excluding carboxylic acids is 2. The highest BCUT2D eigenvalue weighted by Gasteiger charge is 2.35. The molecule has 1 unspecified atom stereocenters. The summed E-state index contributed by atoms with van der Waals surface area (Å²) in [5.74, 6) is -1.51. The van der Waals surface area contributed by atoms with Crippen molar-refractivity contribution in [2.24, 2.45) is 4.99 Å². The Kier molecular flexibility index (Phi) is 7.15. The number of anilines is 1. The molecule has 0 saturated heterocycles. The van der Waals surface area contributed by atoms with Gasteiger partial charge in [0.25, 0.3) is 5.91 Å². The summed E-state index contributed by atoms with van der Waals surface area (Å²) in [6, 6.07) is 22.9. The maximum atomic E-state index is 13.9. The molecule has 5 rings (SSSR count). The van der Waals surface area contributed by atoms with Crippen LogP contribution in [0.25, 0.3) is 0 Å². The fourth-order valence-electron chi connectivity index (χ4n) is 4.50. The highest BCUT2D eigenvalue weighted by molar-refractivity contribution is 6.24. The quantitative estimate of drug-likeness (QED) is 0.316. The third kappa shape index (κ3) is 5.55. The van der Waals surface area contributed by atoms with E-state index < -0.39 is 11.7 Å². The molecule has 0 aliphatic carbocycles. The van der Waals surface area contributed by atoms with Gasteiger partial charge in [0.1, 0.15) is 11.7 Å². The van der Waals surface area contributed by atoms with Crippen LogP contribution in [0, 0.1) is 5.82 Å². The molecule has 8 heteroatoms. The van der Waals surface area contributed by atoms with Crippen molar-refractivity contribution in [3.8, 4) is 0 Å². The third-order valence-electron chi connectivity index (χ3n) is 6.23. The number of fused-ring (bicyclic) bond motifs is 1. The first-order chi connectivity index (χ1) is 18.4. The number of amides is 2. The molecule has 1 aliphatic heterocycles. The predicted octanol–water partition coefficient (Wildman–Crippen LogP) is 5.27. The molecule has 2 amide bonds. The minimum Gasteiger partial charge on any atom is -0.459 e. The first-order valence-corrected chi connectivity index (χ1v) is 12.2. The standard InChI is InChI=1S/C30H27FN4O3/c1-35(2)18-19-8-11-23(12-9-19)33-28(27-24-13-10-22(31)16-25(24)34-30(27)37)21-6-3-5-20(15-21)17-32-29(36)26-7-4-14-38-26/h3-16,27H,17-18H2,1-2H3,(H,32,36)(H,34,37). The van der Waals surface area contributed by atoms with Crippen molar-refractivity contribution < 1.29 is 18.4 Å². The highest BCUT2D eigenvalue weighted by Crippen LogP contribution is 2.37. The number of nitrogens with zero attached hydrogens (tertiary/aromatic N) is 2. The lowest BCUT2D eigenvalue weighted by Crippen LogP contribution is -2.23. The molecule has 1 aromatic heterocycles. The zero-order valence-electron chi connectivity index (χ0n) is 21.1. The van der Waals surface area contributed by atoms with Crippen LogP contribution < -0.4 is 10.6 Å². The zero-order valence-corrected chi connectivity index (χ0v) is 21.1. The molecule has 3 aromatic carbocycles. The average Bonchev–Trinajstić information content (AvgIpc) is 3.54. The van der Waals surface area contributed by atoms with Crippen LogP contribution in [0.5, 0.6) is 0 Å². The lowest BCUT2D eigenvalue weighted by Gasteiger charge is -2.15.